The Morgan fingerprint density at radius 2 is 0.833 bits per heavy atom. The van der Waals surface area contributed by atoms with Crippen LogP contribution in [0.1, 0.15) is 72.9 Å². The molecule has 0 bridgehead atoms. The molecule has 4 aliphatic rings. The summed E-state index contributed by atoms with van der Waals surface area (Å²) in [4.78, 5) is 102. The van der Waals surface area contributed by atoms with Gasteiger partial charge in [0, 0.05) is 33.4 Å². The number of phenolic OH excluding ortho intramolecular Hbond substituents is 2. The lowest BCUT2D eigenvalue weighted by molar-refractivity contribution is -0.126. The van der Waals surface area contributed by atoms with Gasteiger partial charge in [0.15, 0.2) is 11.5 Å². The van der Waals surface area contributed by atoms with Crippen LogP contribution in [-0.2, 0) is 28.8 Å². The Hall–Kier alpha value is -6.84. The summed E-state index contributed by atoms with van der Waals surface area (Å²) in [5.74, 6) is -13.3. The minimum absolute atomic E-state index is 0.0533. The SMILES string of the molecule is Cc1cc2c(c(O)c1-c1c(C)cc3c(c1O)[C@H](C=C1C(=O)NC(=O)NC1=O)C(=O)C(O)=C3C(C)C)[C@H](C=C1C(=O)NC(=O)NC1=O)C(=O)C(O)=C2C(C)C. The number of amides is 8. The molecule has 16 nitrogen and oxygen atoms in total. The number of ketones is 2. The van der Waals surface area contributed by atoms with Gasteiger partial charge in [-0.05, 0) is 47.9 Å². The van der Waals surface area contributed by atoms with E-state index >= 15 is 0 Å². The van der Waals surface area contributed by atoms with Crippen molar-refractivity contribution >= 4 is 58.4 Å². The Morgan fingerprint density at radius 1 is 0.537 bits per heavy atom. The maximum Gasteiger partial charge on any atom is 0.328 e. The van der Waals surface area contributed by atoms with Crippen LogP contribution in [0.5, 0.6) is 11.5 Å². The third-order valence-corrected chi connectivity index (χ3v) is 9.78. The van der Waals surface area contributed by atoms with Gasteiger partial charge in [-0.2, -0.15) is 0 Å². The number of aryl methyl sites for hydroxylation is 2. The Kier molecular flexibility index (Phi) is 8.88. The van der Waals surface area contributed by atoms with Crippen LogP contribution < -0.4 is 21.3 Å². The van der Waals surface area contributed by atoms with E-state index in [1.54, 1.807) is 53.7 Å². The average Bonchev–Trinajstić information content (AvgIpc) is 3.05. The summed E-state index contributed by atoms with van der Waals surface area (Å²) in [6.07, 6.45) is 1.83. The molecule has 0 saturated carbocycles. The van der Waals surface area contributed by atoms with Crippen molar-refractivity contribution in [3.8, 4) is 22.6 Å². The van der Waals surface area contributed by atoms with E-state index in [0.29, 0.717) is 11.1 Å². The molecule has 8 amide bonds. The van der Waals surface area contributed by atoms with Gasteiger partial charge in [0.05, 0.1) is 11.8 Å². The van der Waals surface area contributed by atoms with Crippen LogP contribution in [0.4, 0.5) is 9.59 Å². The predicted octanol–water partition coefficient (Wildman–Crippen LogP) is 3.15. The molecule has 0 spiro atoms. The van der Waals surface area contributed by atoms with Gasteiger partial charge in [-0.15, -0.1) is 0 Å². The molecule has 2 atom stereocenters. The summed E-state index contributed by atoms with van der Waals surface area (Å²) in [6, 6.07) is 0.910. The van der Waals surface area contributed by atoms with Crippen LogP contribution >= 0.6 is 0 Å². The number of urea groups is 2. The molecule has 0 aromatic heterocycles. The molecular formula is C38H34N4O12. The van der Waals surface area contributed by atoms with Crippen molar-refractivity contribution in [3.63, 3.8) is 0 Å². The number of Topliss-reactive ketones (excluding diaryl/α,β-unsaturated/α-hetero) is 2. The molecule has 0 radical (unpaired) electrons. The van der Waals surface area contributed by atoms with Crippen molar-refractivity contribution in [2.75, 3.05) is 0 Å². The Morgan fingerprint density at radius 3 is 1.11 bits per heavy atom. The molecule has 2 aliphatic carbocycles. The lowest BCUT2D eigenvalue weighted by Gasteiger charge is -2.32. The average molecular weight is 739 g/mol. The molecule has 278 valence electrons. The van der Waals surface area contributed by atoms with E-state index in [-0.39, 0.29) is 44.5 Å². The summed E-state index contributed by atoms with van der Waals surface area (Å²) in [7, 11) is 0. The van der Waals surface area contributed by atoms with Crippen LogP contribution in [0.3, 0.4) is 0 Å². The topological polar surface area (TPSA) is 266 Å². The number of rotatable bonds is 5. The number of aliphatic hydroxyl groups is 2. The largest absolute Gasteiger partial charge is 0.507 e. The zero-order chi connectivity index (χ0) is 39.8. The summed E-state index contributed by atoms with van der Waals surface area (Å²) in [5.41, 5.74) is -0.376. The van der Waals surface area contributed by atoms with E-state index in [4.69, 9.17) is 0 Å². The Balaban J connectivity index is 1.67. The van der Waals surface area contributed by atoms with Crippen LogP contribution in [0.15, 0.2) is 46.9 Å². The van der Waals surface area contributed by atoms with Gasteiger partial charge in [-0.3, -0.25) is 50.0 Å². The number of imide groups is 4. The quantitative estimate of drug-likeness (QED) is 0.162. The molecule has 2 aliphatic heterocycles. The predicted molar refractivity (Wildman–Crippen MR) is 188 cm³/mol. The fourth-order valence-electron chi connectivity index (χ4n) is 7.49. The normalized spacial score (nSPS) is 20.2. The van der Waals surface area contributed by atoms with Gasteiger partial charge in [-0.25, -0.2) is 9.59 Å². The number of fused-ring (bicyclic) bond motifs is 2. The van der Waals surface area contributed by atoms with Crippen LogP contribution in [0.25, 0.3) is 22.3 Å². The zero-order valence-electron chi connectivity index (χ0n) is 29.7. The number of hydrogen-bond donors (Lipinski definition) is 8. The highest BCUT2D eigenvalue weighted by Gasteiger charge is 2.43. The van der Waals surface area contributed by atoms with E-state index in [2.05, 4.69) is 0 Å². The van der Waals surface area contributed by atoms with E-state index in [1.165, 1.54) is 0 Å². The highest BCUT2D eigenvalue weighted by atomic mass is 16.3. The van der Waals surface area contributed by atoms with Gasteiger partial charge in [0.2, 0.25) is 11.6 Å². The standard InChI is InChI=1S/C38H34N4O12/c1-11(2)21-15-7-13(5)23(29(45)25(15)17(27(43)31(21)47)9-19-33(49)39-37(53)40-34(19)50)24-14(6)8-16-22(12(3)4)32(48)28(44)18(26(16)30(24)46)10-20-35(51)41-38(54)42-36(20)52/h7-12,17-18,45-48H,1-6H3,(H2,39,40,49,50,53)(H2,41,42,51,52,54)/t17-,18-/m0/s1. The number of carbonyl (C=O) groups is 8. The maximum absolute atomic E-state index is 13.8. The fourth-order valence-corrected chi connectivity index (χ4v) is 7.49. The number of phenols is 2. The molecular weight excluding hydrogens is 704 g/mol. The molecule has 2 saturated heterocycles. The molecule has 6 rings (SSSR count). The molecule has 8 N–H and O–H groups in total. The highest BCUT2D eigenvalue weighted by Crippen LogP contribution is 2.54. The van der Waals surface area contributed by atoms with Crippen molar-refractivity contribution < 1.29 is 58.8 Å². The number of carbonyl (C=O) groups excluding carboxylic acids is 8. The second kappa shape index (κ2) is 13.0. The van der Waals surface area contributed by atoms with Gasteiger partial charge in [0.1, 0.15) is 22.6 Å². The first-order valence-electron chi connectivity index (χ1n) is 16.7. The highest BCUT2D eigenvalue weighted by molar-refractivity contribution is 6.30. The second-order valence-electron chi connectivity index (χ2n) is 13.9. The zero-order valence-corrected chi connectivity index (χ0v) is 29.7. The second-order valence-corrected chi connectivity index (χ2v) is 13.9. The maximum atomic E-state index is 13.8. The first-order chi connectivity index (χ1) is 25.3. The first kappa shape index (κ1) is 36.9. The minimum atomic E-state index is -1.65. The van der Waals surface area contributed by atoms with Gasteiger partial charge in [0.25, 0.3) is 23.6 Å². The summed E-state index contributed by atoms with van der Waals surface area (Å²) >= 11 is 0. The van der Waals surface area contributed by atoms with Crippen LogP contribution in [0, 0.1) is 25.7 Å². The van der Waals surface area contributed by atoms with E-state index in [1.807, 2.05) is 21.3 Å². The number of hydrogen-bond acceptors (Lipinski definition) is 12. The molecule has 54 heavy (non-hydrogen) atoms. The first-order valence-corrected chi connectivity index (χ1v) is 16.7. The third-order valence-electron chi connectivity index (χ3n) is 9.78. The van der Waals surface area contributed by atoms with Crippen molar-refractivity contribution in [3.05, 3.63) is 80.3 Å². The van der Waals surface area contributed by atoms with Crippen molar-refractivity contribution in [2.24, 2.45) is 11.8 Å². The van der Waals surface area contributed by atoms with Gasteiger partial charge < -0.3 is 20.4 Å². The lowest BCUT2D eigenvalue weighted by atomic mass is 9.72. The van der Waals surface area contributed by atoms with Crippen molar-refractivity contribution in [1.82, 2.24) is 21.3 Å². The number of aliphatic hydroxyl groups excluding tert-OH is 2. The third kappa shape index (κ3) is 5.62. The minimum Gasteiger partial charge on any atom is -0.507 e. The smallest absolute Gasteiger partial charge is 0.328 e. The molecule has 2 aromatic carbocycles. The van der Waals surface area contributed by atoms with E-state index < -0.39 is 105 Å². The molecule has 2 aromatic rings. The van der Waals surface area contributed by atoms with Crippen molar-refractivity contribution in [2.45, 2.75) is 53.4 Å². The lowest BCUT2D eigenvalue weighted by Crippen LogP contribution is -2.51. The van der Waals surface area contributed by atoms with E-state index in [9.17, 15) is 58.8 Å². The number of benzene rings is 2. The summed E-state index contributed by atoms with van der Waals surface area (Å²) in [6.45, 7) is 9.92. The summed E-state index contributed by atoms with van der Waals surface area (Å²) < 4.78 is 0. The summed E-state index contributed by atoms with van der Waals surface area (Å²) in [5, 5.41) is 54.4. The number of nitrogens with one attached hydrogen (secondary N) is 4. The monoisotopic (exact) mass is 738 g/mol. The Labute approximate surface area is 306 Å². The molecule has 2 heterocycles. The van der Waals surface area contributed by atoms with Gasteiger partial charge in [-0.1, -0.05) is 52.0 Å². The number of barbiturate groups is 2. The van der Waals surface area contributed by atoms with E-state index in [0.717, 1.165) is 12.2 Å². The Bertz CT molecular complexity index is 2150. The number of allylic oxidation sites excluding steroid dienone is 6. The van der Waals surface area contributed by atoms with Crippen LogP contribution in [0.2, 0.25) is 0 Å². The molecule has 2 fully saturated rings. The molecule has 16 heteroatoms. The number of aromatic hydroxyl groups is 2. The van der Waals surface area contributed by atoms with Crippen molar-refractivity contribution in [1.29, 1.82) is 0 Å². The van der Waals surface area contributed by atoms with Crippen LogP contribution in [-0.4, -0.2) is 67.7 Å². The molecule has 0 unspecified atom stereocenters. The van der Waals surface area contributed by atoms with Gasteiger partial charge >= 0.3 is 12.1 Å². The fraction of sp³-hybridized carbons (Fsp3) is 0.263.